The highest BCUT2D eigenvalue weighted by Crippen LogP contribution is 2.25. The Labute approximate surface area is 177 Å². The van der Waals surface area contributed by atoms with Gasteiger partial charge in [0.2, 0.25) is 5.91 Å². The van der Waals surface area contributed by atoms with Gasteiger partial charge in [-0.1, -0.05) is 42.5 Å². The fourth-order valence-electron chi connectivity index (χ4n) is 2.94. The summed E-state index contributed by atoms with van der Waals surface area (Å²) in [5.74, 6) is 0.441. The lowest BCUT2D eigenvalue weighted by Gasteiger charge is -2.19. The standard InChI is InChI=1S/C23H24N2O4S/c1-3-29-22-12-8-7-11-21(22)24-23(26)17-18-13-15-19(16-14-18)25(2)30(27,28)20-9-5-4-6-10-20/h4-16H,3,17H2,1-2H3,(H,24,26). The van der Waals surface area contributed by atoms with E-state index in [1.54, 1.807) is 66.7 Å². The Kier molecular flexibility index (Phi) is 6.74. The topological polar surface area (TPSA) is 75.7 Å². The van der Waals surface area contributed by atoms with Crippen molar-refractivity contribution in [1.29, 1.82) is 0 Å². The van der Waals surface area contributed by atoms with Gasteiger partial charge >= 0.3 is 0 Å². The van der Waals surface area contributed by atoms with Crippen molar-refractivity contribution < 1.29 is 17.9 Å². The van der Waals surface area contributed by atoms with Crippen molar-refractivity contribution in [2.45, 2.75) is 18.2 Å². The summed E-state index contributed by atoms with van der Waals surface area (Å²) in [6, 6.07) is 22.4. The maximum atomic E-state index is 12.7. The molecule has 0 saturated heterocycles. The lowest BCUT2D eigenvalue weighted by molar-refractivity contribution is -0.115. The fraction of sp³-hybridized carbons (Fsp3) is 0.174. The van der Waals surface area contributed by atoms with Gasteiger partial charge in [0.05, 0.1) is 29.3 Å². The molecule has 0 aliphatic rings. The average Bonchev–Trinajstić information content (AvgIpc) is 2.76. The second kappa shape index (κ2) is 9.45. The van der Waals surface area contributed by atoms with Gasteiger partial charge in [0.25, 0.3) is 10.0 Å². The molecule has 3 aromatic rings. The largest absolute Gasteiger partial charge is 0.492 e. The van der Waals surface area contributed by atoms with Crippen LogP contribution in [0.25, 0.3) is 0 Å². The summed E-state index contributed by atoms with van der Waals surface area (Å²) in [7, 11) is -2.13. The zero-order chi connectivity index (χ0) is 21.6. The van der Waals surface area contributed by atoms with Crippen LogP contribution in [-0.4, -0.2) is 28.0 Å². The molecule has 1 amide bonds. The maximum absolute atomic E-state index is 12.7. The van der Waals surface area contributed by atoms with Crippen LogP contribution in [0.4, 0.5) is 11.4 Å². The number of nitrogens with one attached hydrogen (secondary N) is 1. The van der Waals surface area contributed by atoms with Crippen LogP contribution < -0.4 is 14.4 Å². The normalized spacial score (nSPS) is 11.0. The summed E-state index contributed by atoms with van der Waals surface area (Å²) in [6.07, 6.45) is 0.163. The van der Waals surface area contributed by atoms with Crippen LogP contribution in [-0.2, 0) is 21.2 Å². The minimum absolute atomic E-state index is 0.163. The Morgan fingerprint density at radius 2 is 1.57 bits per heavy atom. The van der Waals surface area contributed by atoms with Crippen LogP contribution in [0.1, 0.15) is 12.5 Å². The Morgan fingerprint density at radius 1 is 0.933 bits per heavy atom. The Balaban J connectivity index is 1.68. The first-order chi connectivity index (χ1) is 14.4. The van der Waals surface area contributed by atoms with Crippen LogP contribution in [0.3, 0.4) is 0 Å². The number of hydrogen-bond donors (Lipinski definition) is 1. The van der Waals surface area contributed by atoms with Gasteiger partial charge in [-0.15, -0.1) is 0 Å². The molecular formula is C23H24N2O4S. The van der Waals surface area contributed by atoms with Crippen molar-refractivity contribution in [3.8, 4) is 5.75 Å². The summed E-state index contributed by atoms with van der Waals surface area (Å²) in [5, 5.41) is 2.86. The van der Waals surface area contributed by atoms with E-state index in [1.165, 1.54) is 11.4 Å². The highest BCUT2D eigenvalue weighted by atomic mass is 32.2. The number of rotatable bonds is 8. The smallest absolute Gasteiger partial charge is 0.264 e. The number of ether oxygens (including phenoxy) is 1. The zero-order valence-electron chi connectivity index (χ0n) is 16.9. The summed E-state index contributed by atoms with van der Waals surface area (Å²) < 4.78 is 32.2. The molecule has 0 spiro atoms. The number of para-hydroxylation sites is 2. The molecule has 0 aromatic heterocycles. The van der Waals surface area contributed by atoms with Crippen molar-refractivity contribution in [2.24, 2.45) is 0 Å². The van der Waals surface area contributed by atoms with Crippen LogP contribution in [0.2, 0.25) is 0 Å². The van der Waals surface area contributed by atoms with Gasteiger partial charge < -0.3 is 10.1 Å². The Hall–Kier alpha value is -3.32. The molecule has 7 heteroatoms. The number of amides is 1. The minimum atomic E-state index is -3.64. The molecule has 0 aliphatic carbocycles. The van der Waals surface area contributed by atoms with Crippen LogP contribution in [0.5, 0.6) is 5.75 Å². The van der Waals surface area contributed by atoms with Crippen molar-refractivity contribution in [3.05, 3.63) is 84.4 Å². The number of nitrogens with zero attached hydrogens (tertiary/aromatic N) is 1. The monoisotopic (exact) mass is 424 g/mol. The SMILES string of the molecule is CCOc1ccccc1NC(=O)Cc1ccc(N(C)S(=O)(=O)c2ccccc2)cc1. The quantitative estimate of drug-likeness (QED) is 0.591. The van der Waals surface area contributed by atoms with E-state index in [9.17, 15) is 13.2 Å². The number of sulfonamides is 1. The van der Waals surface area contributed by atoms with Crippen LogP contribution >= 0.6 is 0 Å². The van der Waals surface area contributed by atoms with Crippen molar-refractivity contribution in [2.75, 3.05) is 23.3 Å². The van der Waals surface area contributed by atoms with Crippen LogP contribution in [0.15, 0.2) is 83.8 Å². The molecule has 3 aromatic carbocycles. The maximum Gasteiger partial charge on any atom is 0.264 e. The molecule has 0 saturated carbocycles. The molecule has 0 aliphatic heterocycles. The van der Waals surface area contributed by atoms with Gasteiger partial charge in [-0.25, -0.2) is 8.42 Å². The predicted molar refractivity (Wildman–Crippen MR) is 118 cm³/mol. The molecule has 0 atom stereocenters. The van der Waals surface area contributed by atoms with E-state index in [1.807, 2.05) is 19.1 Å². The van der Waals surface area contributed by atoms with E-state index in [2.05, 4.69) is 5.32 Å². The van der Waals surface area contributed by atoms with Crippen molar-refractivity contribution in [1.82, 2.24) is 0 Å². The summed E-state index contributed by atoms with van der Waals surface area (Å²) >= 11 is 0. The first-order valence-electron chi connectivity index (χ1n) is 9.56. The van der Waals surface area contributed by atoms with Gasteiger partial charge in [0, 0.05) is 7.05 Å². The highest BCUT2D eigenvalue weighted by molar-refractivity contribution is 7.92. The summed E-state index contributed by atoms with van der Waals surface area (Å²) in [4.78, 5) is 12.7. The van der Waals surface area contributed by atoms with Gasteiger partial charge in [-0.3, -0.25) is 9.10 Å². The number of hydrogen-bond acceptors (Lipinski definition) is 4. The first-order valence-corrected chi connectivity index (χ1v) is 11.0. The molecule has 0 unspecified atom stereocenters. The van der Waals surface area contributed by atoms with E-state index in [-0.39, 0.29) is 17.2 Å². The second-order valence-corrected chi connectivity index (χ2v) is 8.58. The third-order valence-corrected chi connectivity index (χ3v) is 6.33. The molecule has 6 nitrogen and oxygen atoms in total. The minimum Gasteiger partial charge on any atom is -0.492 e. The predicted octanol–water partition coefficient (Wildman–Crippen LogP) is 4.09. The summed E-state index contributed by atoms with van der Waals surface area (Å²) in [5.41, 5.74) is 1.91. The zero-order valence-corrected chi connectivity index (χ0v) is 17.7. The number of carbonyl (C=O) groups is 1. The van der Waals surface area contributed by atoms with E-state index in [0.717, 1.165) is 5.56 Å². The Morgan fingerprint density at radius 3 is 2.23 bits per heavy atom. The molecule has 1 N–H and O–H groups in total. The molecule has 3 rings (SSSR count). The highest BCUT2D eigenvalue weighted by Gasteiger charge is 2.20. The fourth-order valence-corrected chi connectivity index (χ4v) is 4.16. The third kappa shape index (κ3) is 4.99. The molecule has 0 fully saturated rings. The molecule has 0 heterocycles. The number of anilines is 2. The Bertz CT molecular complexity index is 1100. The average molecular weight is 425 g/mol. The van der Waals surface area contributed by atoms with E-state index < -0.39 is 10.0 Å². The lowest BCUT2D eigenvalue weighted by Crippen LogP contribution is -2.26. The molecular weight excluding hydrogens is 400 g/mol. The number of carbonyl (C=O) groups excluding carboxylic acids is 1. The van der Waals surface area contributed by atoms with E-state index >= 15 is 0 Å². The third-order valence-electron chi connectivity index (χ3n) is 4.53. The van der Waals surface area contributed by atoms with Gasteiger partial charge in [-0.05, 0) is 48.9 Å². The van der Waals surface area contributed by atoms with E-state index in [0.29, 0.717) is 23.7 Å². The van der Waals surface area contributed by atoms with Crippen molar-refractivity contribution in [3.63, 3.8) is 0 Å². The number of benzene rings is 3. The lowest BCUT2D eigenvalue weighted by atomic mass is 10.1. The first kappa shape index (κ1) is 21.4. The molecule has 0 bridgehead atoms. The van der Waals surface area contributed by atoms with Gasteiger partial charge in [0.15, 0.2) is 0 Å². The molecule has 30 heavy (non-hydrogen) atoms. The summed E-state index contributed by atoms with van der Waals surface area (Å²) in [6.45, 7) is 2.39. The second-order valence-electron chi connectivity index (χ2n) is 6.61. The van der Waals surface area contributed by atoms with Gasteiger partial charge in [-0.2, -0.15) is 0 Å². The van der Waals surface area contributed by atoms with E-state index in [4.69, 9.17) is 4.74 Å². The molecule has 156 valence electrons. The molecule has 0 radical (unpaired) electrons. The van der Waals surface area contributed by atoms with Crippen LogP contribution in [0, 0.1) is 0 Å². The van der Waals surface area contributed by atoms with Gasteiger partial charge in [0.1, 0.15) is 5.75 Å². The van der Waals surface area contributed by atoms with Crippen molar-refractivity contribution >= 4 is 27.3 Å².